The highest BCUT2D eigenvalue weighted by molar-refractivity contribution is 7.88. The van der Waals surface area contributed by atoms with Gasteiger partial charge in [0.05, 0.1) is 35.9 Å². The Bertz CT molecular complexity index is 1650. The second-order valence-corrected chi connectivity index (χ2v) is 10.6. The van der Waals surface area contributed by atoms with Gasteiger partial charge in [0.2, 0.25) is 10.0 Å². The molecule has 1 aromatic carbocycles. The lowest BCUT2D eigenvalue weighted by atomic mass is 10.0. The van der Waals surface area contributed by atoms with Crippen LogP contribution in [0.1, 0.15) is 23.1 Å². The fourth-order valence-corrected chi connectivity index (χ4v) is 4.99. The Morgan fingerprint density at radius 1 is 1.03 bits per heavy atom. The van der Waals surface area contributed by atoms with Gasteiger partial charge in [-0.1, -0.05) is 6.07 Å². The number of fused-ring (bicyclic) bond motifs is 2. The van der Waals surface area contributed by atoms with Gasteiger partial charge in [0.1, 0.15) is 0 Å². The zero-order valence-electron chi connectivity index (χ0n) is 18.6. The Hall–Kier alpha value is -3.77. The van der Waals surface area contributed by atoms with Crippen molar-refractivity contribution in [2.24, 2.45) is 0 Å². The molecule has 4 aromatic heterocycles. The minimum absolute atomic E-state index is 0.0493. The summed E-state index contributed by atoms with van der Waals surface area (Å²) >= 11 is 0. The van der Waals surface area contributed by atoms with Crippen LogP contribution < -0.4 is 0 Å². The Morgan fingerprint density at radius 2 is 1.88 bits per heavy atom. The second kappa shape index (κ2) is 7.64. The van der Waals surface area contributed by atoms with E-state index in [0.29, 0.717) is 25.3 Å². The molecule has 0 atom stereocenters. The minimum Gasteiger partial charge on any atom is -0.266 e. The lowest BCUT2D eigenvalue weighted by molar-refractivity contribution is 0.192. The molecule has 1 aliphatic rings. The van der Waals surface area contributed by atoms with Gasteiger partial charge in [-0.3, -0.25) is 9.67 Å². The van der Waals surface area contributed by atoms with Crippen molar-refractivity contribution in [3.05, 3.63) is 66.1 Å². The molecule has 172 valence electrons. The minimum atomic E-state index is -3.15. The van der Waals surface area contributed by atoms with Gasteiger partial charge in [-0.2, -0.15) is 19.0 Å². The normalized spacial score (nSPS) is 15.2. The second-order valence-electron chi connectivity index (χ2n) is 8.60. The molecule has 11 nitrogen and oxygen atoms in total. The van der Waals surface area contributed by atoms with E-state index >= 15 is 0 Å². The monoisotopic (exact) mass is 475 g/mol. The Morgan fingerprint density at radius 3 is 2.71 bits per heavy atom. The van der Waals surface area contributed by atoms with Gasteiger partial charge in [-0.05, 0) is 30.7 Å². The van der Waals surface area contributed by atoms with Crippen LogP contribution in [-0.4, -0.2) is 71.6 Å². The molecule has 1 fully saturated rings. The molecule has 1 saturated heterocycles. The molecular weight excluding hydrogens is 454 g/mol. The van der Waals surface area contributed by atoms with Gasteiger partial charge >= 0.3 is 0 Å². The maximum atomic E-state index is 11.6. The first kappa shape index (κ1) is 20.8. The molecule has 0 radical (unpaired) electrons. The molecule has 5 aromatic rings. The first-order valence-corrected chi connectivity index (χ1v) is 12.6. The van der Waals surface area contributed by atoms with Gasteiger partial charge < -0.3 is 0 Å². The molecule has 0 spiro atoms. The van der Waals surface area contributed by atoms with Crippen molar-refractivity contribution < 1.29 is 8.42 Å². The van der Waals surface area contributed by atoms with Crippen molar-refractivity contribution in [2.45, 2.75) is 19.4 Å². The Labute approximate surface area is 195 Å². The van der Waals surface area contributed by atoms with Gasteiger partial charge in [0.15, 0.2) is 5.82 Å². The third-order valence-electron chi connectivity index (χ3n) is 6.03. The van der Waals surface area contributed by atoms with Crippen LogP contribution in [0.2, 0.25) is 0 Å². The quantitative estimate of drug-likeness (QED) is 0.376. The maximum Gasteiger partial charge on any atom is 0.271 e. The highest BCUT2D eigenvalue weighted by Gasteiger charge is 2.34. The summed E-state index contributed by atoms with van der Waals surface area (Å²) in [5, 5.41) is 18.3. The van der Waals surface area contributed by atoms with Crippen molar-refractivity contribution in [2.75, 3.05) is 19.3 Å². The highest BCUT2D eigenvalue weighted by Crippen LogP contribution is 2.27. The summed E-state index contributed by atoms with van der Waals surface area (Å²) < 4.78 is 28.2. The summed E-state index contributed by atoms with van der Waals surface area (Å²) in [5.74, 6) is 1.20. The maximum absolute atomic E-state index is 11.6. The Kier molecular flexibility index (Phi) is 4.67. The van der Waals surface area contributed by atoms with E-state index < -0.39 is 10.0 Å². The molecule has 0 amide bonds. The molecule has 34 heavy (non-hydrogen) atoms. The first-order valence-electron chi connectivity index (χ1n) is 10.8. The summed E-state index contributed by atoms with van der Waals surface area (Å²) in [7, 11) is -3.15. The number of pyridine rings is 1. The summed E-state index contributed by atoms with van der Waals surface area (Å²) in [6.07, 6.45) is 9.03. The van der Waals surface area contributed by atoms with E-state index in [-0.39, 0.29) is 6.04 Å². The molecule has 0 aliphatic carbocycles. The van der Waals surface area contributed by atoms with Crippen molar-refractivity contribution in [3.8, 4) is 11.1 Å². The molecule has 5 heterocycles. The predicted octanol–water partition coefficient (Wildman–Crippen LogP) is 1.65. The molecule has 0 bridgehead atoms. The molecular formula is C22H21N9O2S. The third-order valence-corrected chi connectivity index (χ3v) is 7.26. The summed E-state index contributed by atoms with van der Waals surface area (Å²) in [5.41, 5.74) is 4.64. The zero-order valence-corrected chi connectivity index (χ0v) is 19.4. The van der Waals surface area contributed by atoms with E-state index in [4.69, 9.17) is 0 Å². The zero-order chi connectivity index (χ0) is 23.4. The van der Waals surface area contributed by atoms with Gasteiger partial charge in [-0.15, -0.1) is 10.2 Å². The highest BCUT2D eigenvalue weighted by atomic mass is 32.2. The van der Waals surface area contributed by atoms with Gasteiger partial charge in [0.25, 0.3) is 5.78 Å². The van der Waals surface area contributed by atoms with Crippen LogP contribution >= 0.6 is 0 Å². The fourth-order valence-electron chi connectivity index (χ4n) is 4.10. The molecule has 1 aliphatic heterocycles. The standard InChI is InChI=1S/C22H21N9O2S/c1-14-8-24-22-27-26-21(31(22)28-14)6-15-3-4-20-16(5-15)7-17(9-23-20)18-10-25-30(11-18)19-12-29(13-19)34(2,32)33/h3-5,7-11,19H,6,12-13H2,1-2H3. The van der Waals surface area contributed by atoms with Crippen molar-refractivity contribution in [1.29, 1.82) is 0 Å². The van der Waals surface area contributed by atoms with E-state index in [1.54, 1.807) is 16.9 Å². The van der Waals surface area contributed by atoms with Crippen LogP contribution in [0.25, 0.3) is 27.8 Å². The lowest BCUT2D eigenvalue weighted by Crippen LogP contribution is -2.50. The van der Waals surface area contributed by atoms with Crippen LogP contribution in [0.3, 0.4) is 0 Å². The van der Waals surface area contributed by atoms with Gasteiger partial charge in [0, 0.05) is 48.4 Å². The number of aryl methyl sites for hydroxylation is 1. The van der Waals surface area contributed by atoms with E-state index in [9.17, 15) is 8.42 Å². The SMILES string of the molecule is Cc1cnc2nnc(Cc3ccc4ncc(-c5cnn(C6CN(S(C)(=O)=O)C6)c5)cc4c3)n2n1. The molecule has 6 rings (SSSR count). The summed E-state index contributed by atoms with van der Waals surface area (Å²) in [6.45, 7) is 2.77. The number of hydrogen-bond donors (Lipinski definition) is 0. The molecule has 0 N–H and O–H groups in total. The number of sulfonamides is 1. The number of aromatic nitrogens is 8. The van der Waals surface area contributed by atoms with Crippen LogP contribution in [0.5, 0.6) is 0 Å². The van der Waals surface area contributed by atoms with Crippen LogP contribution in [-0.2, 0) is 16.4 Å². The van der Waals surface area contributed by atoms with Crippen LogP contribution in [0.4, 0.5) is 0 Å². The predicted molar refractivity (Wildman–Crippen MR) is 125 cm³/mol. The molecule has 0 unspecified atom stereocenters. The molecule has 12 heteroatoms. The number of rotatable bonds is 5. The number of hydrogen-bond acceptors (Lipinski definition) is 8. The largest absolute Gasteiger partial charge is 0.271 e. The van der Waals surface area contributed by atoms with Crippen LogP contribution in [0.15, 0.2) is 49.1 Å². The van der Waals surface area contributed by atoms with Crippen molar-refractivity contribution in [1.82, 2.24) is 43.9 Å². The summed E-state index contributed by atoms with van der Waals surface area (Å²) in [6, 6.07) is 8.25. The van der Waals surface area contributed by atoms with E-state index in [1.165, 1.54) is 10.6 Å². The van der Waals surface area contributed by atoms with Crippen molar-refractivity contribution >= 4 is 26.7 Å². The summed E-state index contributed by atoms with van der Waals surface area (Å²) in [4.78, 5) is 8.87. The average molecular weight is 476 g/mol. The third kappa shape index (κ3) is 3.70. The van der Waals surface area contributed by atoms with E-state index in [0.717, 1.165) is 39.1 Å². The van der Waals surface area contributed by atoms with E-state index in [1.807, 2.05) is 36.1 Å². The van der Waals surface area contributed by atoms with Gasteiger partial charge in [-0.25, -0.2) is 13.4 Å². The fraction of sp³-hybridized carbons (Fsp3) is 0.273. The average Bonchev–Trinajstić information content (AvgIpc) is 3.39. The number of nitrogens with zero attached hydrogens (tertiary/aromatic N) is 9. The topological polar surface area (TPSA) is 124 Å². The molecule has 0 saturated carbocycles. The lowest BCUT2D eigenvalue weighted by Gasteiger charge is -2.37. The smallest absolute Gasteiger partial charge is 0.266 e. The van der Waals surface area contributed by atoms with E-state index in [2.05, 4.69) is 42.5 Å². The first-order chi connectivity index (χ1) is 16.3. The Balaban J connectivity index is 1.26. The van der Waals surface area contributed by atoms with Crippen LogP contribution in [0, 0.1) is 6.92 Å². The number of benzene rings is 1. The van der Waals surface area contributed by atoms with Crippen molar-refractivity contribution in [3.63, 3.8) is 0 Å².